The molecule has 8 nitrogen and oxygen atoms in total. The van der Waals surface area contributed by atoms with Crippen LogP contribution in [0.1, 0.15) is 42.5 Å². The molecule has 0 aliphatic carbocycles. The van der Waals surface area contributed by atoms with Gasteiger partial charge in [0.2, 0.25) is 5.91 Å². The molecule has 13 heteroatoms. The number of carbonyl (C=O) groups excluding carboxylic acids is 2. The summed E-state index contributed by atoms with van der Waals surface area (Å²) in [4.78, 5) is 33.4. The first-order chi connectivity index (χ1) is 18.3. The van der Waals surface area contributed by atoms with E-state index in [1.54, 1.807) is 18.2 Å². The molecule has 0 spiro atoms. The van der Waals surface area contributed by atoms with E-state index >= 15 is 0 Å². The van der Waals surface area contributed by atoms with Gasteiger partial charge in [0.1, 0.15) is 0 Å². The molecule has 0 saturated carbocycles. The summed E-state index contributed by atoms with van der Waals surface area (Å²) in [5, 5.41) is 3.14. The van der Waals surface area contributed by atoms with Crippen LogP contribution in [-0.2, 0) is 14.6 Å². The summed E-state index contributed by atoms with van der Waals surface area (Å²) in [7, 11) is -3.58. The Morgan fingerprint density at radius 2 is 1.74 bits per heavy atom. The fraction of sp³-hybridized carbons (Fsp3) is 0.500. The van der Waals surface area contributed by atoms with Crippen molar-refractivity contribution in [1.82, 2.24) is 9.88 Å². The number of sulfone groups is 1. The highest BCUT2D eigenvalue weighted by Crippen LogP contribution is 2.35. The number of hydrogen-bond acceptors (Lipinski definition) is 6. The van der Waals surface area contributed by atoms with E-state index < -0.39 is 27.8 Å². The van der Waals surface area contributed by atoms with E-state index in [2.05, 4.69) is 10.3 Å². The summed E-state index contributed by atoms with van der Waals surface area (Å²) in [6.07, 6.45) is -0.492. The highest BCUT2D eigenvalue weighted by atomic mass is 35.5. The second-order valence-corrected chi connectivity index (χ2v) is 12.6. The van der Waals surface area contributed by atoms with Crippen LogP contribution in [0.4, 0.5) is 24.7 Å². The van der Waals surface area contributed by atoms with E-state index in [1.165, 1.54) is 23.2 Å². The average Bonchev–Trinajstić information content (AvgIpc) is 2.88. The number of halogens is 4. The number of alkyl halides is 3. The van der Waals surface area contributed by atoms with Crippen molar-refractivity contribution in [2.45, 2.75) is 43.2 Å². The smallest absolute Gasteiger partial charge is 0.355 e. The zero-order chi connectivity index (χ0) is 28.4. The molecule has 2 saturated heterocycles. The zero-order valence-electron chi connectivity index (χ0n) is 21.4. The molecule has 2 aromatic rings. The Morgan fingerprint density at radius 1 is 1.08 bits per heavy atom. The van der Waals surface area contributed by atoms with Gasteiger partial charge in [-0.05, 0) is 55.9 Å². The first kappa shape index (κ1) is 29.1. The first-order valence-corrected chi connectivity index (χ1v) is 14.9. The molecule has 2 amide bonds. The van der Waals surface area contributed by atoms with Crippen molar-refractivity contribution in [3.8, 4) is 0 Å². The van der Waals surface area contributed by atoms with Gasteiger partial charge in [0.05, 0.1) is 16.5 Å². The van der Waals surface area contributed by atoms with Gasteiger partial charge < -0.3 is 15.1 Å². The second-order valence-electron chi connectivity index (χ2n) is 10.1. The number of hydrogen-bond donors (Lipinski definition) is 1. The third-order valence-corrected chi connectivity index (χ3v) is 8.61. The Bertz CT molecular complexity index is 1320. The standard InChI is InChI=1S/C26H30ClF3N4O4S/c1-39(37,38)21-15-22(32-25(36)18-3-2-4-20(27)14-18)24(31-16-21)34-9-5-17(6-10-34)13-23(35)33-11-7-19(8-12-33)26(28,29)30/h2-4,14-17,19H,5-13H2,1H3,(H,32,36). The number of benzene rings is 1. The molecule has 0 bridgehead atoms. The van der Waals surface area contributed by atoms with Crippen LogP contribution in [0.25, 0.3) is 0 Å². The Labute approximate surface area is 230 Å². The lowest BCUT2D eigenvalue weighted by Gasteiger charge is -2.36. The van der Waals surface area contributed by atoms with Crippen LogP contribution >= 0.6 is 11.6 Å². The van der Waals surface area contributed by atoms with E-state index in [0.29, 0.717) is 42.3 Å². The maximum Gasteiger partial charge on any atom is 0.391 e. The molecule has 2 aliphatic rings. The normalized spacial score (nSPS) is 17.8. The first-order valence-electron chi connectivity index (χ1n) is 12.7. The van der Waals surface area contributed by atoms with Crippen LogP contribution in [0.2, 0.25) is 5.02 Å². The lowest BCUT2D eigenvalue weighted by Crippen LogP contribution is -2.43. The highest BCUT2D eigenvalue weighted by Gasteiger charge is 2.41. The predicted octanol–water partition coefficient (Wildman–Crippen LogP) is 4.80. The quantitative estimate of drug-likeness (QED) is 0.522. The minimum atomic E-state index is -4.22. The van der Waals surface area contributed by atoms with Crippen LogP contribution in [0.15, 0.2) is 41.4 Å². The zero-order valence-corrected chi connectivity index (χ0v) is 22.9. The van der Waals surface area contributed by atoms with Gasteiger partial charge in [-0.15, -0.1) is 0 Å². The number of anilines is 2. The summed E-state index contributed by atoms with van der Waals surface area (Å²) in [6, 6.07) is 7.73. The molecule has 0 radical (unpaired) electrons. The van der Waals surface area contributed by atoms with Crippen molar-refractivity contribution in [2.75, 3.05) is 42.7 Å². The number of pyridine rings is 1. The summed E-state index contributed by atoms with van der Waals surface area (Å²) in [5.74, 6) is -1.47. The van der Waals surface area contributed by atoms with Gasteiger partial charge in [-0.25, -0.2) is 13.4 Å². The van der Waals surface area contributed by atoms with Crippen molar-refractivity contribution < 1.29 is 31.2 Å². The Kier molecular flexibility index (Phi) is 8.75. The summed E-state index contributed by atoms with van der Waals surface area (Å²) >= 11 is 6.00. The maximum atomic E-state index is 12.9. The molecule has 39 heavy (non-hydrogen) atoms. The van der Waals surface area contributed by atoms with Gasteiger partial charge in [-0.2, -0.15) is 13.2 Å². The second kappa shape index (κ2) is 11.7. The molecule has 3 heterocycles. The number of rotatable bonds is 6. The third kappa shape index (κ3) is 7.42. The Hall–Kier alpha value is -2.86. The molecule has 1 aromatic heterocycles. The molecule has 2 fully saturated rings. The highest BCUT2D eigenvalue weighted by molar-refractivity contribution is 7.90. The third-order valence-electron chi connectivity index (χ3n) is 7.29. The number of nitrogens with zero attached hydrogens (tertiary/aromatic N) is 3. The number of carbonyl (C=O) groups is 2. The molecule has 1 aromatic carbocycles. The fourth-order valence-corrected chi connectivity index (χ4v) is 5.76. The van der Waals surface area contributed by atoms with E-state index in [0.717, 1.165) is 6.26 Å². The Morgan fingerprint density at radius 3 is 2.33 bits per heavy atom. The molecule has 2 aliphatic heterocycles. The largest absolute Gasteiger partial charge is 0.391 e. The number of piperidine rings is 2. The molecule has 1 N–H and O–H groups in total. The minimum Gasteiger partial charge on any atom is -0.355 e. The van der Waals surface area contributed by atoms with E-state index in [4.69, 9.17) is 11.6 Å². The fourth-order valence-electron chi connectivity index (χ4n) is 4.99. The number of amides is 2. The van der Waals surface area contributed by atoms with Crippen LogP contribution < -0.4 is 10.2 Å². The molecular formula is C26H30ClF3N4O4S. The van der Waals surface area contributed by atoms with Gasteiger partial charge in [0, 0.05) is 55.6 Å². The van der Waals surface area contributed by atoms with Crippen molar-refractivity contribution in [3.05, 3.63) is 47.1 Å². The Balaban J connectivity index is 1.41. The predicted molar refractivity (Wildman–Crippen MR) is 142 cm³/mol. The van der Waals surface area contributed by atoms with Crippen molar-refractivity contribution in [2.24, 2.45) is 11.8 Å². The molecule has 0 unspecified atom stereocenters. The topological polar surface area (TPSA) is 99.7 Å². The van der Waals surface area contributed by atoms with E-state index in [9.17, 15) is 31.2 Å². The minimum absolute atomic E-state index is 0.0394. The lowest BCUT2D eigenvalue weighted by atomic mass is 9.91. The number of nitrogens with one attached hydrogen (secondary N) is 1. The van der Waals surface area contributed by atoms with Crippen LogP contribution in [-0.4, -0.2) is 68.7 Å². The van der Waals surface area contributed by atoms with Gasteiger partial charge >= 0.3 is 6.18 Å². The summed E-state index contributed by atoms with van der Waals surface area (Å²) in [5.41, 5.74) is 0.541. The SMILES string of the molecule is CS(=O)(=O)c1cnc(N2CCC(CC(=O)N3CCC(C(F)(F)F)CC3)CC2)c(NC(=O)c2cccc(Cl)c2)c1. The summed E-state index contributed by atoms with van der Waals surface area (Å²) < 4.78 is 63.1. The van der Waals surface area contributed by atoms with Gasteiger partial charge in [-0.1, -0.05) is 17.7 Å². The van der Waals surface area contributed by atoms with E-state index in [1.807, 2.05) is 4.90 Å². The van der Waals surface area contributed by atoms with Crippen molar-refractivity contribution >= 4 is 44.8 Å². The van der Waals surface area contributed by atoms with E-state index in [-0.39, 0.29) is 54.8 Å². The average molecular weight is 587 g/mol. The summed E-state index contributed by atoms with van der Waals surface area (Å²) in [6.45, 7) is 1.26. The van der Waals surface area contributed by atoms with Crippen LogP contribution in [0.3, 0.4) is 0 Å². The molecule has 4 rings (SSSR count). The van der Waals surface area contributed by atoms with Gasteiger partial charge in [0.15, 0.2) is 15.7 Å². The molecule has 0 atom stereocenters. The lowest BCUT2D eigenvalue weighted by molar-refractivity contribution is -0.186. The van der Waals surface area contributed by atoms with Gasteiger partial charge in [0.25, 0.3) is 5.91 Å². The number of aromatic nitrogens is 1. The van der Waals surface area contributed by atoms with Crippen molar-refractivity contribution in [1.29, 1.82) is 0 Å². The molecular weight excluding hydrogens is 557 g/mol. The van der Waals surface area contributed by atoms with Crippen molar-refractivity contribution in [3.63, 3.8) is 0 Å². The van der Waals surface area contributed by atoms with Crippen LogP contribution in [0.5, 0.6) is 0 Å². The maximum absolute atomic E-state index is 12.9. The van der Waals surface area contributed by atoms with Gasteiger partial charge in [-0.3, -0.25) is 9.59 Å². The van der Waals surface area contributed by atoms with Crippen LogP contribution in [0, 0.1) is 11.8 Å². The molecule has 212 valence electrons. The monoisotopic (exact) mass is 586 g/mol. The number of likely N-dealkylation sites (tertiary alicyclic amines) is 1.